The Balaban J connectivity index is 2.54. The summed E-state index contributed by atoms with van der Waals surface area (Å²) < 4.78 is 5.13. The molecule has 86 valence electrons. The van der Waals surface area contributed by atoms with Crippen LogP contribution in [0.4, 0.5) is 0 Å². The van der Waals surface area contributed by atoms with Crippen molar-refractivity contribution >= 4 is 18.6 Å². The third-order valence-electron chi connectivity index (χ3n) is 2.27. The van der Waals surface area contributed by atoms with Crippen molar-refractivity contribution in [1.29, 1.82) is 0 Å². The van der Waals surface area contributed by atoms with E-state index in [4.69, 9.17) is 9.76 Å². The second-order valence-corrected chi connectivity index (χ2v) is 4.26. The zero-order valence-electron chi connectivity index (χ0n) is 9.38. The van der Waals surface area contributed by atoms with E-state index in [2.05, 4.69) is 0 Å². The molecule has 1 rings (SSSR count). The number of benzene rings is 1. The normalized spacial score (nSPS) is 11.2. The van der Waals surface area contributed by atoms with Gasteiger partial charge in [0, 0.05) is 6.61 Å². The van der Waals surface area contributed by atoms with E-state index in [9.17, 15) is 9.82 Å². The number of hydrogen-bond acceptors (Lipinski definition) is 3. The summed E-state index contributed by atoms with van der Waals surface area (Å²) in [7, 11) is -1.08. The fourth-order valence-corrected chi connectivity index (χ4v) is 1.06. The van der Waals surface area contributed by atoms with E-state index in [0.29, 0.717) is 5.46 Å². The Kier molecular flexibility index (Phi) is 4.09. The minimum Gasteiger partial charge on any atom is -0.481 e. The molecule has 5 heteroatoms. The van der Waals surface area contributed by atoms with Crippen molar-refractivity contribution in [3.8, 4) is 0 Å². The molecule has 2 N–H and O–H groups in total. The zero-order chi connectivity index (χ0) is 12.2. The first-order valence-corrected chi connectivity index (χ1v) is 5.01. The van der Waals surface area contributed by atoms with Crippen LogP contribution in [0.5, 0.6) is 0 Å². The van der Waals surface area contributed by atoms with Gasteiger partial charge in [-0.15, -0.1) is 0 Å². The Bertz CT molecular complexity index is 350. The SMILES string of the molecule is CC(C)(COB(O)c1ccccc1)C(=O)O. The van der Waals surface area contributed by atoms with E-state index in [1.165, 1.54) is 0 Å². The van der Waals surface area contributed by atoms with Gasteiger partial charge in [0.2, 0.25) is 0 Å². The van der Waals surface area contributed by atoms with E-state index in [1.54, 1.807) is 38.1 Å². The minimum absolute atomic E-state index is 0.0433. The quantitative estimate of drug-likeness (QED) is 0.712. The summed E-state index contributed by atoms with van der Waals surface area (Å²) in [6.07, 6.45) is 0. The number of carboxylic acid groups (broad SMARTS) is 1. The molecule has 0 fully saturated rings. The summed E-state index contributed by atoms with van der Waals surface area (Å²) >= 11 is 0. The van der Waals surface area contributed by atoms with Crippen molar-refractivity contribution in [2.75, 3.05) is 6.61 Å². The number of hydrogen-bond donors (Lipinski definition) is 2. The molecule has 0 heterocycles. The van der Waals surface area contributed by atoms with Crippen molar-refractivity contribution in [2.24, 2.45) is 5.41 Å². The number of carbonyl (C=O) groups is 1. The maximum atomic E-state index is 10.8. The average molecular weight is 222 g/mol. The van der Waals surface area contributed by atoms with Crippen LogP contribution in [-0.4, -0.2) is 29.8 Å². The van der Waals surface area contributed by atoms with E-state index in [1.807, 2.05) is 6.07 Å². The fourth-order valence-electron chi connectivity index (χ4n) is 1.06. The van der Waals surface area contributed by atoms with Gasteiger partial charge in [0.05, 0.1) is 5.41 Å². The lowest BCUT2D eigenvalue weighted by Crippen LogP contribution is -2.39. The highest BCUT2D eigenvalue weighted by Crippen LogP contribution is 2.15. The largest absolute Gasteiger partial charge is 0.491 e. The minimum atomic E-state index is -1.08. The van der Waals surface area contributed by atoms with E-state index < -0.39 is 18.5 Å². The lowest BCUT2D eigenvalue weighted by molar-refractivity contribution is -0.148. The van der Waals surface area contributed by atoms with Crippen molar-refractivity contribution in [1.82, 2.24) is 0 Å². The van der Waals surface area contributed by atoms with E-state index in [-0.39, 0.29) is 6.61 Å². The second-order valence-electron chi connectivity index (χ2n) is 4.26. The van der Waals surface area contributed by atoms with Gasteiger partial charge in [0.1, 0.15) is 0 Å². The van der Waals surface area contributed by atoms with Crippen LogP contribution in [0.25, 0.3) is 0 Å². The molecule has 0 unspecified atom stereocenters. The van der Waals surface area contributed by atoms with Crippen molar-refractivity contribution < 1.29 is 19.6 Å². The first-order valence-electron chi connectivity index (χ1n) is 5.01. The van der Waals surface area contributed by atoms with Gasteiger partial charge in [-0.2, -0.15) is 0 Å². The Morgan fingerprint density at radius 3 is 2.44 bits per heavy atom. The summed E-state index contributed by atoms with van der Waals surface area (Å²) in [6.45, 7) is 3.05. The van der Waals surface area contributed by atoms with Crippen LogP contribution in [-0.2, 0) is 9.45 Å². The number of rotatable bonds is 5. The molecule has 4 nitrogen and oxygen atoms in total. The van der Waals surface area contributed by atoms with Crippen LogP contribution in [0.3, 0.4) is 0 Å². The summed E-state index contributed by atoms with van der Waals surface area (Å²) in [5.41, 5.74) is -0.390. The van der Waals surface area contributed by atoms with Crippen molar-refractivity contribution in [2.45, 2.75) is 13.8 Å². The van der Waals surface area contributed by atoms with Crippen LogP contribution in [0.2, 0.25) is 0 Å². The number of aliphatic carboxylic acids is 1. The smallest absolute Gasteiger partial charge is 0.481 e. The molecular weight excluding hydrogens is 207 g/mol. The summed E-state index contributed by atoms with van der Waals surface area (Å²) in [5.74, 6) is -0.951. The van der Waals surface area contributed by atoms with Crippen LogP contribution >= 0.6 is 0 Å². The standard InChI is InChI=1S/C11H15BO4/c1-11(2,10(13)14)8-16-12(15)9-6-4-3-5-7-9/h3-7,15H,8H2,1-2H3,(H,13,14). The van der Waals surface area contributed by atoms with E-state index >= 15 is 0 Å². The van der Waals surface area contributed by atoms with Crippen molar-refractivity contribution in [3.63, 3.8) is 0 Å². The maximum absolute atomic E-state index is 10.8. The fraction of sp³-hybridized carbons (Fsp3) is 0.364. The first kappa shape index (κ1) is 12.7. The Hall–Kier alpha value is -1.33. The van der Waals surface area contributed by atoms with Crippen LogP contribution in [0.15, 0.2) is 30.3 Å². The molecule has 0 aliphatic heterocycles. The Labute approximate surface area is 95.0 Å². The molecule has 1 aromatic carbocycles. The van der Waals surface area contributed by atoms with Crippen LogP contribution < -0.4 is 5.46 Å². The lowest BCUT2D eigenvalue weighted by Gasteiger charge is -2.20. The van der Waals surface area contributed by atoms with Gasteiger partial charge in [0.15, 0.2) is 0 Å². The predicted molar refractivity (Wildman–Crippen MR) is 61.4 cm³/mol. The van der Waals surface area contributed by atoms with Gasteiger partial charge >= 0.3 is 13.1 Å². The predicted octanol–water partition coefficient (Wildman–Crippen LogP) is 0.501. The first-order chi connectivity index (χ1) is 7.43. The molecule has 0 bridgehead atoms. The topological polar surface area (TPSA) is 66.8 Å². The average Bonchev–Trinajstić information content (AvgIpc) is 2.27. The third-order valence-corrected chi connectivity index (χ3v) is 2.27. The number of carboxylic acids is 1. The maximum Gasteiger partial charge on any atom is 0.491 e. The summed E-state index contributed by atoms with van der Waals surface area (Å²) in [5, 5.41) is 18.5. The monoisotopic (exact) mass is 222 g/mol. The molecule has 0 aromatic heterocycles. The molecule has 0 radical (unpaired) electrons. The van der Waals surface area contributed by atoms with Crippen LogP contribution in [0.1, 0.15) is 13.8 Å². The van der Waals surface area contributed by atoms with Gasteiger partial charge < -0.3 is 14.8 Å². The van der Waals surface area contributed by atoms with Gasteiger partial charge in [-0.1, -0.05) is 30.3 Å². The molecule has 0 amide bonds. The molecule has 16 heavy (non-hydrogen) atoms. The van der Waals surface area contributed by atoms with Gasteiger partial charge in [-0.05, 0) is 19.3 Å². The lowest BCUT2D eigenvalue weighted by atomic mass is 9.79. The highest BCUT2D eigenvalue weighted by Gasteiger charge is 2.29. The highest BCUT2D eigenvalue weighted by atomic mass is 16.5. The molecule has 0 aliphatic carbocycles. The molecule has 0 saturated carbocycles. The molecule has 0 atom stereocenters. The Morgan fingerprint density at radius 1 is 1.38 bits per heavy atom. The molecule has 0 saturated heterocycles. The highest BCUT2D eigenvalue weighted by molar-refractivity contribution is 6.59. The van der Waals surface area contributed by atoms with Gasteiger partial charge in [0.25, 0.3) is 0 Å². The second kappa shape index (κ2) is 5.14. The van der Waals surface area contributed by atoms with E-state index in [0.717, 1.165) is 0 Å². The summed E-state index contributed by atoms with van der Waals surface area (Å²) in [4.78, 5) is 10.8. The van der Waals surface area contributed by atoms with Crippen molar-refractivity contribution in [3.05, 3.63) is 30.3 Å². The zero-order valence-corrected chi connectivity index (χ0v) is 9.38. The molecule has 1 aromatic rings. The molecular formula is C11H15BO4. The third kappa shape index (κ3) is 3.36. The Morgan fingerprint density at radius 2 is 1.94 bits per heavy atom. The molecule has 0 aliphatic rings. The van der Waals surface area contributed by atoms with Gasteiger partial charge in [-0.3, -0.25) is 4.79 Å². The van der Waals surface area contributed by atoms with Gasteiger partial charge in [-0.25, -0.2) is 0 Å². The van der Waals surface area contributed by atoms with Crippen LogP contribution in [0, 0.1) is 5.41 Å². The molecule has 0 spiro atoms. The summed E-state index contributed by atoms with van der Waals surface area (Å²) in [6, 6.07) is 8.84.